The molecule has 5 rings (SSSR count). The molecule has 0 saturated carbocycles. The van der Waals surface area contributed by atoms with Crippen molar-refractivity contribution in [2.75, 3.05) is 5.32 Å². The van der Waals surface area contributed by atoms with Crippen LogP contribution in [-0.2, 0) is 6.42 Å². The summed E-state index contributed by atoms with van der Waals surface area (Å²) in [5, 5.41) is 8.36. The molecule has 178 valence electrons. The molecule has 36 heavy (non-hydrogen) atoms. The Labute approximate surface area is 209 Å². The fourth-order valence-corrected chi connectivity index (χ4v) is 4.37. The second-order valence-corrected chi connectivity index (χ2v) is 8.72. The lowest BCUT2D eigenvalue weighted by molar-refractivity contribution is 0.102. The molecule has 0 aliphatic rings. The Bertz CT molecular complexity index is 1590. The molecule has 2 heterocycles. The Hall–Kier alpha value is -4.58. The van der Waals surface area contributed by atoms with Gasteiger partial charge in [-0.25, -0.2) is 9.67 Å². The first kappa shape index (κ1) is 23.2. The summed E-state index contributed by atoms with van der Waals surface area (Å²) in [5.74, 6) is -0.468. The number of ketones is 1. The first-order valence-corrected chi connectivity index (χ1v) is 11.9. The molecular weight excluding hydrogens is 448 g/mol. The summed E-state index contributed by atoms with van der Waals surface area (Å²) in [6.07, 6.45) is 0.953. The van der Waals surface area contributed by atoms with Crippen LogP contribution in [0.5, 0.6) is 0 Å². The Morgan fingerprint density at radius 2 is 1.56 bits per heavy atom. The molecule has 1 amide bonds. The molecule has 3 aromatic carbocycles. The van der Waals surface area contributed by atoms with Crippen LogP contribution in [0.1, 0.15) is 50.2 Å². The lowest BCUT2D eigenvalue weighted by Gasteiger charge is -2.12. The highest BCUT2D eigenvalue weighted by molar-refractivity contribution is 6.17. The van der Waals surface area contributed by atoms with Crippen molar-refractivity contribution in [2.45, 2.75) is 27.2 Å². The molecule has 0 spiro atoms. The lowest BCUT2D eigenvalue weighted by Crippen LogP contribution is -2.16. The van der Waals surface area contributed by atoms with Crippen molar-refractivity contribution in [1.29, 1.82) is 0 Å². The number of aryl methyl sites for hydroxylation is 3. The predicted octanol–water partition coefficient (Wildman–Crippen LogP) is 6.08. The topological polar surface area (TPSA) is 76.9 Å². The van der Waals surface area contributed by atoms with E-state index in [4.69, 9.17) is 10.1 Å². The smallest absolute Gasteiger partial charge is 0.256 e. The molecule has 6 heteroatoms. The molecule has 0 aliphatic carbocycles. The van der Waals surface area contributed by atoms with Crippen LogP contribution in [0.25, 0.3) is 16.7 Å². The van der Waals surface area contributed by atoms with E-state index in [9.17, 15) is 9.59 Å². The van der Waals surface area contributed by atoms with Crippen LogP contribution < -0.4 is 5.32 Å². The number of aromatic nitrogens is 3. The van der Waals surface area contributed by atoms with Crippen LogP contribution in [0, 0.1) is 13.8 Å². The van der Waals surface area contributed by atoms with Gasteiger partial charge in [-0.1, -0.05) is 61.5 Å². The second-order valence-electron chi connectivity index (χ2n) is 8.72. The van der Waals surface area contributed by atoms with Crippen molar-refractivity contribution in [3.05, 3.63) is 119 Å². The predicted molar refractivity (Wildman–Crippen MR) is 142 cm³/mol. The third kappa shape index (κ3) is 4.29. The van der Waals surface area contributed by atoms with Gasteiger partial charge in [-0.05, 0) is 56.2 Å². The van der Waals surface area contributed by atoms with Crippen molar-refractivity contribution in [1.82, 2.24) is 14.8 Å². The normalized spacial score (nSPS) is 11.0. The number of rotatable bonds is 6. The third-order valence-electron chi connectivity index (χ3n) is 6.23. The molecule has 0 atom stereocenters. The van der Waals surface area contributed by atoms with Gasteiger partial charge in [-0.15, -0.1) is 0 Å². The molecule has 5 aromatic rings. The van der Waals surface area contributed by atoms with E-state index < -0.39 is 0 Å². The fourth-order valence-electron chi connectivity index (χ4n) is 4.37. The van der Waals surface area contributed by atoms with E-state index in [1.807, 2.05) is 44.2 Å². The maximum atomic E-state index is 13.6. The number of fused-ring (bicyclic) bond motifs is 1. The number of nitrogens with zero attached hydrogens (tertiary/aromatic N) is 3. The number of carbonyl (C=O) groups is 2. The van der Waals surface area contributed by atoms with Crippen LogP contribution in [-0.4, -0.2) is 26.5 Å². The Morgan fingerprint density at radius 1 is 0.861 bits per heavy atom. The van der Waals surface area contributed by atoms with E-state index >= 15 is 0 Å². The minimum Gasteiger partial charge on any atom is -0.321 e. The average Bonchev–Trinajstić information content (AvgIpc) is 3.24. The van der Waals surface area contributed by atoms with Crippen LogP contribution in [0.3, 0.4) is 0 Å². The number of hydrogen-bond donors (Lipinski definition) is 1. The maximum absolute atomic E-state index is 13.6. The third-order valence-corrected chi connectivity index (χ3v) is 6.23. The first-order chi connectivity index (χ1) is 17.5. The van der Waals surface area contributed by atoms with Crippen LogP contribution >= 0.6 is 0 Å². The number of hydrogen-bond acceptors (Lipinski definition) is 4. The lowest BCUT2D eigenvalue weighted by atomic mass is 10.0. The van der Waals surface area contributed by atoms with Crippen molar-refractivity contribution in [3.8, 4) is 5.69 Å². The van der Waals surface area contributed by atoms with Gasteiger partial charge in [-0.2, -0.15) is 5.10 Å². The van der Waals surface area contributed by atoms with E-state index in [0.717, 1.165) is 12.1 Å². The Balaban J connectivity index is 1.55. The first-order valence-electron chi connectivity index (χ1n) is 11.9. The maximum Gasteiger partial charge on any atom is 0.256 e. The molecule has 6 nitrogen and oxygen atoms in total. The van der Waals surface area contributed by atoms with Crippen molar-refractivity contribution in [2.24, 2.45) is 0 Å². The van der Waals surface area contributed by atoms with E-state index in [1.54, 1.807) is 47.1 Å². The highest BCUT2D eigenvalue weighted by atomic mass is 16.2. The van der Waals surface area contributed by atoms with Gasteiger partial charge in [0.15, 0.2) is 11.4 Å². The number of benzene rings is 3. The van der Waals surface area contributed by atoms with Crippen molar-refractivity contribution < 1.29 is 9.59 Å². The quantitative estimate of drug-likeness (QED) is 0.303. The Kier molecular flexibility index (Phi) is 6.17. The minimum atomic E-state index is -0.317. The summed E-state index contributed by atoms with van der Waals surface area (Å²) in [5.41, 5.74) is 6.06. The molecule has 0 unspecified atom stereocenters. The number of anilines is 1. The summed E-state index contributed by atoms with van der Waals surface area (Å²) in [4.78, 5) is 31.4. The summed E-state index contributed by atoms with van der Waals surface area (Å²) in [6, 6.07) is 26.0. The van der Waals surface area contributed by atoms with E-state index in [-0.39, 0.29) is 11.7 Å². The minimum absolute atomic E-state index is 0.151. The van der Waals surface area contributed by atoms with E-state index in [2.05, 4.69) is 24.4 Å². The summed E-state index contributed by atoms with van der Waals surface area (Å²) < 4.78 is 1.78. The Morgan fingerprint density at radius 3 is 2.28 bits per heavy atom. The largest absolute Gasteiger partial charge is 0.321 e. The zero-order valence-corrected chi connectivity index (χ0v) is 20.4. The van der Waals surface area contributed by atoms with Gasteiger partial charge in [0.25, 0.3) is 5.91 Å². The molecular formula is C30H26N4O2. The molecule has 0 aliphatic heterocycles. The highest BCUT2D eigenvalue weighted by Gasteiger charge is 2.21. The number of carbonyl (C=O) groups excluding carboxylic acids is 2. The summed E-state index contributed by atoms with van der Waals surface area (Å²) in [6.45, 7) is 5.85. The fraction of sp³-hybridized carbons (Fsp3) is 0.133. The molecule has 1 N–H and O–H groups in total. The number of para-hydroxylation sites is 1. The van der Waals surface area contributed by atoms with Crippen molar-refractivity contribution in [3.63, 3.8) is 0 Å². The summed E-state index contributed by atoms with van der Waals surface area (Å²) >= 11 is 0. The van der Waals surface area contributed by atoms with Gasteiger partial charge < -0.3 is 5.32 Å². The van der Waals surface area contributed by atoms with Gasteiger partial charge in [0.1, 0.15) is 0 Å². The average molecular weight is 475 g/mol. The zero-order valence-electron chi connectivity index (χ0n) is 20.4. The molecule has 0 bridgehead atoms. The van der Waals surface area contributed by atoms with Crippen molar-refractivity contribution >= 4 is 28.4 Å². The molecule has 2 aromatic heterocycles. The number of nitrogens with one attached hydrogen (secondary N) is 1. The molecule has 0 fully saturated rings. The van der Waals surface area contributed by atoms with Gasteiger partial charge in [-0.3, -0.25) is 9.59 Å². The number of amides is 1. The zero-order chi connectivity index (χ0) is 25.2. The monoisotopic (exact) mass is 474 g/mol. The molecule has 0 radical (unpaired) electrons. The van der Waals surface area contributed by atoms with Crippen LogP contribution in [0.2, 0.25) is 0 Å². The van der Waals surface area contributed by atoms with E-state index in [1.165, 1.54) is 5.56 Å². The summed E-state index contributed by atoms with van der Waals surface area (Å²) in [7, 11) is 0. The van der Waals surface area contributed by atoms with Crippen LogP contribution in [0.4, 0.5) is 5.69 Å². The standard InChI is InChI=1S/C30H26N4O2/c1-4-21-14-16-23(17-15-21)34-29-27(20(3)33-34)25(18-19(2)31-29)30(36)32-26-13-9-8-12-24(26)28(35)22-10-6-5-7-11-22/h5-18H,4H2,1-3H3,(H,32,36). The van der Waals surface area contributed by atoms with Gasteiger partial charge >= 0.3 is 0 Å². The van der Waals surface area contributed by atoms with Crippen LogP contribution in [0.15, 0.2) is 84.9 Å². The highest BCUT2D eigenvalue weighted by Crippen LogP contribution is 2.27. The van der Waals surface area contributed by atoms with Gasteiger partial charge in [0.2, 0.25) is 0 Å². The van der Waals surface area contributed by atoms with Gasteiger partial charge in [0, 0.05) is 16.8 Å². The number of pyridine rings is 1. The second kappa shape index (κ2) is 9.58. The van der Waals surface area contributed by atoms with Gasteiger partial charge in [0.05, 0.1) is 28.0 Å². The molecule has 0 saturated heterocycles. The SMILES string of the molecule is CCc1ccc(-n2nc(C)c3c(C(=O)Nc4ccccc4C(=O)c4ccccc4)cc(C)nc32)cc1. The van der Waals surface area contributed by atoms with E-state index in [0.29, 0.717) is 44.8 Å².